The fourth-order valence-electron chi connectivity index (χ4n) is 2.98. The fraction of sp³-hybridized carbons (Fsp3) is 0.600. The first kappa shape index (κ1) is 18.4. The molecule has 2 N–H and O–H groups in total. The number of sulfone groups is 1. The van der Waals surface area contributed by atoms with Crippen LogP contribution in [0.2, 0.25) is 0 Å². The van der Waals surface area contributed by atoms with Crippen molar-refractivity contribution in [3.8, 4) is 0 Å². The van der Waals surface area contributed by atoms with Crippen LogP contribution in [0.25, 0.3) is 0 Å². The van der Waals surface area contributed by atoms with Gasteiger partial charge < -0.3 is 5.73 Å². The highest BCUT2D eigenvalue weighted by molar-refractivity contribution is 7.91. The highest BCUT2D eigenvalue weighted by atomic mass is 32.2. The van der Waals surface area contributed by atoms with Crippen molar-refractivity contribution in [2.24, 2.45) is 11.7 Å². The maximum absolute atomic E-state index is 12.9. The summed E-state index contributed by atoms with van der Waals surface area (Å²) < 4.78 is 50.8. The minimum Gasteiger partial charge on any atom is -0.329 e. The molecule has 1 fully saturated rings. The second kappa shape index (κ2) is 6.88. The van der Waals surface area contributed by atoms with Gasteiger partial charge in [-0.2, -0.15) is 4.31 Å². The molecule has 0 spiro atoms. The first-order valence-corrected chi connectivity index (χ1v) is 10.9. The van der Waals surface area contributed by atoms with Crippen LogP contribution in [0.4, 0.5) is 0 Å². The third kappa shape index (κ3) is 3.60. The van der Waals surface area contributed by atoms with Gasteiger partial charge in [-0.3, -0.25) is 0 Å². The van der Waals surface area contributed by atoms with E-state index in [0.717, 1.165) is 12.8 Å². The van der Waals surface area contributed by atoms with Crippen molar-refractivity contribution in [3.05, 3.63) is 24.3 Å². The van der Waals surface area contributed by atoms with Gasteiger partial charge >= 0.3 is 0 Å². The van der Waals surface area contributed by atoms with E-state index in [1.807, 2.05) is 6.92 Å². The van der Waals surface area contributed by atoms with Crippen molar-refractivity contribution in [3.63, 3.8) is 0 Å². The summed E-state index contributed by atoms with van der Waals surface area (Å²) in [5.41, 5.74) is 5.77. The molecule has 0 saturated carbocycles. The van der Waals surface area contributed by atoms with Crippen LogP contribution in [0.5, 0.6) is 0 Å². The summed E-state index contributed by atoms with van der Waals surface area (Å²) in [4.78, 5) is 0.251. The van der Waals surface area contributed by atoms with E-state index in [-0.39, 0.29) is 34.0 Å². The quantitative estimate of drug-likeness (QED) is 0.852. The lowest BCUT2D eigenvalue weighted by Crippen LogP contribution is -2.51. The molecule has 130 valence electrons. The van der Waals surface area contributed by atoms with Gasteiger partial charge in [-0.05, 0) is 43.0 Å². The van der Waals surface area contributed by atoms with Crippen molar-refractivity contribution >= 4 is 19.9 Å². The molecule has 1 heterocycles. The van der Waals surface area contributed by atoms with Crippen LogP contribution in [0, 0.1) is 5.92 Å². The minimum atomic E-state index is -3.67. The lowest BCUT2D eigenvalue weighted by Gasteiger charge is -2.38. The maximum Gasteiger partial charge on any atom is 0.243 e. The van der Waals surface area contributed by atoms with E-state index in [1.165, 1.54) is 28.6 Å². The van der Waals surface area contributed by atoms with Crippen LogP contribution < -0.4 is 5.73 Å². The van der Waals surface area contributed by atoms with Crippen LogP contribution in [0.15, 0.2) is 34.1 Å². The van der Waals surface area contributed by atoms with Gasteiger partial charge in [-0.1, -0.05) is 13.8 Å². The van der Waals surface area contributed by atoms with Gasteiger partial charge in [0, 0.05) is 19.1 Å². The number of sulfonamides is 1. The van der Waals surface area contributed by atoms with Crippen LogP contribution >= 0.6 is 0 Å². The highest BCUT2D eigenvalue weighted by Gasteiger charge is 2.36. The van der Waals surface area contributed by atoms with E-state index in [9.17, 15) is 16.8 Å². The normalized spacial score (nSPS) is 23.8. The summed E-state index contributed by atoms with van der Waals surface area (Å²) in [5.74, 6) is 0.195. The van der Waals surface area contributed by atoms with Gasteiger partial charge in [0.1, 0.15) is 0 Å². The van der Waals surface area contributed by atoms with Crippen LogP contribution in [-0.2, 0) is 19.9 Å². The topological polar surface area (TPSA) is 97.5 Å². The molecular weight excluding hydrogens is 336 g/mol. The molecule has 1 aromatic rings. The monoisotopic (exact) mass is 360 g/mol. The summed E-state index contributed by atoms with van der Waals surface area (Å²) in [6.07, 6.45) is 1.76. The van der Waals surface area contributed by atoms with Gasteiger partial charge in [0.25, 0.3) is 0 Å². The van der Waals surface area contributed by atoms with E-state index in [0.29, 0.717) is 6.54 Å². The Balaban J connectivity index is 2.36. The van der Waals surface area contributed by atoms with Gasteiger partial charge in [-0.25, -0.2) is 16.8 Å². The molecule has 1 aromatic carbocycles. The Hall–Kier alpha value is -0.960. The summed E-state index contributed by atoms with van der Waals surface area (Å²) >= 11 is 0. The van der Waals surface area contributed by atoms with Crippen LogP contribution in [0.3, 0.4) is 0 Å². The van der Waals surface area contributed by atoms with E-state index < -0.39 is 19.9 Å². The molecule has 23 heavy (non-hydrogen) atoms. The standard InChI is InChI=1S/C15H24N2O4S2/c1-3-22(18,19)13-6-8-14(9-7-13)23(20,21)17-10-4-5-12(2)15(17)11-16/h6-9,12,15H,3-5,10-11,16H2,1-2H3. The number of rotatable bonds is 5. The Labute approximate surface area is 138 Å². The number of nitrogens with two attached hydrogens (primary N) is 1. The van der Waals surface area contributed by atoms with Crippen LogP contribution in [0.1, 0.15) is 26.7 Å². The van der Waals surface area contributed by atoms with Crippen LogP contribution in [-0.4, -0.2) is 46.0 Å². The van der Waals surface area contributed by atoms with Crippen molar-refractivity contribution in [1.29, 1.82) is 0 Å². The first-order valence-electron chi connectivity index (χ1n) is 7.78. The van der Waals surface area contributed by atoms with Gasteiger partial charge in [0.2, 0.25) is 10.0 Å². The molecule has 2 rings (SSSR count). The molecule has 1 aliphatic rings. The number of hydrogen-bond donors (Lipinski definition) is 1. The SMILES string of the molecule is CCS(=O)(=O)c1ccc(S(=O)(=O)N2CCCC(C)C2CN)cc1. The second-order valence-electron chi connectivity index (χ2n) is 5.91. The van der Waals surface area contributed by atoms with Gasteiger partial charge in [0.15, 0.2) is 9.84 Å². The molecule has 2 unspecified atom stereocenters. The van der Waals surface area contributed by atoms with E-state index in [1.54, 1.807) is 6.92 Å². The fourth-order valence-corrected chi connectivity index (χ4v) is 5.64. The zero-order valence-corrected chi connectivity index (χ0v) is 15.1. The van der Waals surface area contributed by atoms with E-state index in [4.69, 9.17) is 5.73 Å². The number of benzene rings is 1. The van der Waals surface area contributed by atoms with Crippen molar-refractivity contribution < 1.29 is 16.8 Å². The summed E-state index contributed by atoms with van der Waals surface area (Å²) in [7, 11) is -7.00. The largest absolute Gasteiger partial charge is 0.329 e. The number of hydrogen-bond acceptors (Lipinski definition) is 5. The molecular formula is C15H24N2O4S2. The van der Waals surface area contributed by atoms with Gasteiger partial charge in [-0.15, -0.1) is 0 Å². The molecule has 0 amide bonds. The molecule has 0 aliphatic carbocycles. The number of nitrogens with zero attached hydrogens (tertiary/aromatic N) is 1. The molecule has 1 aliphatic heterocycles. The third-order valence-electron chi connectivity index (χ3n) is 4.48. The zero-order chi connectivity index (χ0) is 17.3. The predicted octanol–water partition coefficient (Wildman–Crippen LogP) is 1.23. The third-order valence-corrected chi connectivity index (χ3v) is 8.16. The molecule has 0 radical (unpaired) electrons. The predicted molar refractivity (Wildman–Crippen MR) is 89.3 cm³/mol. The Kier molecular flexibility index (Phi) is 5.50. The molecule has 8 heteroatoms. The van der Waals surface area contributed by atoms with E-state index >= 15 is 0 Å². The van der Waals surface area contributed by atoms with E-state index in [2.05, 4.69) is 0 Å². The van der Waals surface area contributed by atoms with Crippen molar-refractivity contribution in [2.45, 2.75) is 42.5 Å². The van der Waals surface area contributed by atoms with Crippen molar-refractivity contribution in [2.75, 3.05) is 18.8 Å². The Bertz CT molecular complexity index is 742. The maximum atomic E-state index is 12.9. The Morgan fingerprint density at radius 3 is 2.22 bits per heavy atom. The lowest BCUT2D eigenvalue weighted by atomic mass is 9.93. The summed E-state index contributed by atoms with van der Waals surface area (Å²) in [5, 5.41) is 0. The second-order valence-corrected chi connectivity index (χ2v) is 10.1. The average Bonchev–Trinajstić information content (AvgIpc) is 2.54. The molecule has 2 atom stereocenters. The number of piperidine rings is 1. The molecule has 1 saturated heterocycles. The summed E-state index contributed by atoms with van der Waals surface area (Å²) in [6, 6.07) is 5.23. The smallest absolute Gasteiger partial charge is 0.243 e. The molecule has 0 bridgehead atoms. The molecule has 6 nitrogen and oxygen atoms in total. The minimum absolute atomic E-state index is 0.0159. The lowest BCUT2D eigenvalue weighted by molar-refractivity contribution is 0.192. The van der Waals surface area contributed by atoms with Crippen molar-refractivity contribution in [1.82, 2.24) is 4.31 Å². The highest BCUT2D eigenvalue weighted by Crippen LogP contribution is 2.29. The molecule has 0 aromatic heterocycles. The summed E-state index contributed by atoms with van der Waals surface area (Å²) in [6.45, 7) is 4.29. The Morgan fingerprint density at radius 2 is 1.70 bits per heavy atom. The van der Waals surface area contributed by atoms with Gasteiger partial charge in [0.05, 0.1) is 15.5 Å². The Morgan fingerprint density at radius 1 is 1.13 bits per heavy atom. The zero-order valence-electron chi connectivity index (χ0n) is 13.5. The first-order chi connectivity index (χ1) is 10.7. The average molecular weight is 361 g/mol.